The van der Waals surface area contributed by atoms with E-state index in [1.54, 1.807) is 20.1 Å². The first-order valence-electron chi connectivity index (χ1n) is 6.02. The summed E-state index contributed by atoms with van der Waals surface area (Å²) in [5.74, 6) is 0.445. The number of ketones is 1. The van der Waals surface area contributed by atoms with Crippen LogP contribution in [0.3, 0.4) is 0 Å². The Morgan fingerprint density at radius 3 is 2.42 bits per heavy atom. The smallest absolute Gasteiger partial charge is 0.134 e. The molecular formula is C16H15FO2. The Morgan fingerprint density at radius 2 is 1.84 bits per heavy atom. The fraction of sp³-hybridized carbons (Fsp3) is 0.188. The van der Waals surface area contributed by atoms with Gasteiger partial charge in [-0.25, -0.2) is 4.39 Å². The summed E-state index contributed by atoms with van der Waals surface area (Å²) >= 11 is 0. The summed E-state index contributed by atoms with van der Waals surface area (Å²) in [5.41, 5.74) is 2.52. The van der Waals surface area contributed by atoms with Crippen LogP contribution in [-0.2, 0) is 11.2 Å². The minimum Gasteiger partial charge on any atom is -0.496 e. The Kier molecular flexibility index (Phi) is 3.95. The van der Waals surface area contributed by atoms with Gasteiger partial charge < -0.3 is 4.74 Å². The van der Waals surface area contributed by atoms with Crippen LogP contribution in [0.5, 0.6) is 5.75 Å². The Balaban J connectivity index is 2.36. The molecule has 2 aromatic rings. The number of halogens is 1. The number of hydrogen-bond donors (Lipinski definition) is 0. The third-order valence-electron chi connectivity index (χ3n) is 2.88. The first-order chi connectivity index (χ1) is 9.10. The lowest BCUT2D eigenvalue weighted by atomic mass is 10.0. The molecule has 0 aliphatic carbocycles. The van der Waals surface area contributed by atoms with Crippen LogP contribution in [-0.4, -0.2) is 12.9 Å². The zero-order valence-corrected chi connectivity index (χ0v) is 10.9. The maximum atomic E-state index is 13.3. The second kappa shape index (κ2) is 5.65. The second-order valence-corrected chi connectivity index (χ2v) is 4.42. The highest BCUT2D eigenvalue weighted by atomic mass is 19.1. The lowest BCUT2D eigenvalue weighted by Gasteiger charge is -2.09. The molecule has 0 N–H and O–H groups in total. The zero-order valence-electron chi connectivity index (χ0n) is 10.9. The third kappa shape index (κ3) is 3.19. The first-order valence-corrected chi connectivity index (χ1v) is 6.02. The van der Waals surface area contributed by atoms with Gasteiger partial charge in [-0.1, -0.05) is 24.3 Å². The van der Waals surface area contributed by atoms with Crippen molar-refractivity contribution in [2.45, 2.75) is 13.3 Å². The van der Waals surface area contributed by atoms with Gasteiger partial charge in [0.25, 0.3) is 0 Å². The quantitative estimate of drug-likeness (QED) is 0.837. The van der Waals surface area contributed by atoms with Gasteiger partial charge in [-0.15, -0.1) is 0 Å². The second-order valence-electron chi connectivity index (χ2n) is 4.42. The van der Waals surface area contributed by atoms with E-state index in [2.05, 4.69) is 0 Å². The largest absolute Gasteiger partial charge is 0.496 e. The molecule has 0 aliphatic heterocycles. The summed E-state index contributed by atoms with van der Waals surface area (Å²) in [6.45, 7) is 1.56. The van der Waals surface area contributed by atoms with E-state index in [0.29, 0.717) is 17.7 Å². The summed E-state index contributed by atoms with van der Waals surface area (Å²) < 4.78 is 18.5. The molecule has 2 aromatic carbocycles. The van der Waals surface area contributed by atoms with Gasteiger partial charge in [0.05, 0.1) is 7.11 Å². The molecule has 2 nitrogen and oxygen atoms in total. The highest BCUT2D eigenvalue weighted by Crippen LogP contribution is 2.30. The molecular weight excluding hydrogens is 243 g/mol. The molecule has 19 heavy (non-hydrogen) atoms. The number of rotatable bonds is 4. The van der Waals surface area contributed by atoms with Crippen LogP contribution in [0.1, 0.15) is 12.5 Å². The molecule has 0 aliphatic rings. The van der Waals surface area contributed by atoms with Gasteiger partial charge in [0, 0.05) is 12.0 Å². The van der Waals surface area contributed by atoms with Crippen molar-refractivity contribution in [1.82, 2.24) is 0 Å². The minimum atomic E-state index is -0.302. The molecule has 0 amide bonds. The summed E-state index contributed by atoms with van der Waals surface area (Å²) in [7, 11) is 1.56. The number of carbonyl (C=O) groups excluding carboxylic acids is 1. The van der Waals surface area contributed by atoms with Crippen molar-refractivity contribution >= 4 is 5.78 Å². The van der Waals surface area contributed by atoms with Crippen LogP contribution in [0.25, 0.3) is 11.1 Å². The maximum Gasteiger partial charge on any atom is 0.134 e. The average Bonchev–Trinajstić information content (AvgIpc) is 2.39. The first kappa shape index (κ1) is 13.3. The molecule has 0 spiro atoms. The Hall–Kier alpha value is -2.16. The molecule has 0 radical (unpaired) electrons. The van der Waals surface area contributed by atoms with E-state index in [-0.39, 0.29) is 11.6 Å². The number of methoxy groups -OCH3 is 1. The molecule has 0 saturated carbocycles. The van der Waals surface area contributed by atoms with Crippen molar-refractivity contribution in [1.29, 1.82) is 0 Å². The van der Waals surface area contributed by atoms with E-state index >= 15 is 0 Å². The van der Waals surface area contributed by atoms with E-state index in [1.807, 2.05) is 24.3 Å². The third-order valence-corrected chi connectivity index (χ3v) is 2.88. The lowest BCUT2D eigenvalue weighted by Crippen LogP contribution is -1.96. The predicted molar refractivity (Wildman–Crippen MR) is 72.8 cm³/mol. The summed E-state index contributed by atoms with van der Waals surface area (Å²) in [5, 5.41) is 0. The van der Waals surface area contributed by atoms with Crippen LogP contribution in [0.15, 0.2) is 42.5 Å². The molecule has 0 fully saturated rings. The van der Waals surface area contributed by atoms with Crippen LogP contribution in [0.2, 0.25) is 0 Å². The van der Waals surface area contributed by atoms with Gasteiger partial charge in [-0.2, -0.15) is 0 Å². The van der Waals surface area contributed by atoms with Gasteiger partial charge in [-0.05, 0) is 36.2 Å². The van der Waals surface area contributed by atoms with Crippen molar-refractivity contribution in [3.8, 4) is 16.9 Å². The SMILES string of the molecule is COc1ccc(F)cc1-c1ccc(CC(C)=O)cc1. The van der Waals surface area contributed by atoms with E-state index in [9.17, 15) is 9.18 Å². The van der Waals surface area contributed by atoms with Crippen molar-refractivity contribution in [3.63, 3.8) is 0 Å². The predicted octanol–water partition coefficient (Wildman–Crippen LogP) is 3.63. The number of hydrogen-bond acceptors (Lipinski definition) is 2. The summed E-state index contributed by atoms with van der Waals surface area (Å²) in [6.07, 6.45) is 0.417. The average molecular weight is 258 g/mol. The van der Waals surface area contributed by atoms with Gasteiger partial charge in [0.15, 0.2) is 0 Å². The minimum absolute atomic E-state index is 0.121. The van der Waals surface area contributed by atoms with Gasteiger partial charge in [-0.3, -0.25) is 4.79 Å². The number of carbonyl (C=O) groups is 1. The summed E-state index contributed by atoms with van der Waals surface area (Å²) in [6, 6.07) is 11.9. The van der Waals surface area contributed by atoms with Crippen LogP contribution < -0.4 is 4.74 Å². The van der Waals surface area contributed by atoms with Gasteiger partial charge in [0.1, 0.15) is 17.3 Å². The van der Waals surface area contributed by atoms with E-state index in [0.717, 1.165) is 11.1 Å². The van der Waals surface area contributed by atoms with Crippen LogP contribution >= 0.6 is 0 Å². The molecule has 0 atom stereocenters. The van der Waals surface area contributed by atoms with Crippen molar-refractivity contribution in [2.24, 2.45) is 0 Å². The van der Waals surface area contributed by atoms with E-state index < -0.39 is 0 Å². The molecule has 98 valence electrons. The molecule has 0 aromatic heterocycles. The molecule has 0 bridgehead atoms. The van der Waals surface area contributed by atoms with E-state index in [1.165, 1.54) is 12.1 Å². The molecule has 3 heteroatoms. The monoisotopic (exact) mass is 258 g/mol. The highest BCUT2D eigenvalue weighted by Gasteiger charge is 2.07. The lowest BCUT2D eigenvalue weighted by molar-refractivity contribution is -0.116. The van der Waals surface area contributed by atoms with Crippen molar-refractivity contribution < 1.29 is 13.9 Å². The van der Waals surface area contributed by atoms with Gasteiger partial charge in [0.2, 0.25) is 0 Å². The number of ether oxygens (including phenoxy) is 1. The van der Waals surface area contributed by atoms with Crippen molar-refractivity contribution in [3.05, 3.63) is 53.8 Å². The topological polar surface area (TPSA) is 26.3 Å². The molecule has 0 saturated heterocycles. The highest BCUT2D eigenvalue weighted by molar-refractivity contribution is 5.78. The van der Waals surface area contributed by atoms with E-state index in [4.69, 9.17) is 4.74 Å². The zero-order chi connectivity index (χ0) is 13.8. The fourth-order valence-corrected chi connectivity index (χ4v) is 2.00. The normalized spacial score (nSPS) is 10.3. The number of benzene rings is 2. The van der Waals surface area contributed by atoms with Crippen LogP contribution in [0.4, 0.5) is 4.39 Å². The van der Waals surface area contributed by atoms with Crippen molar-refractivity contribution in [2.75, 3.05) is 7.11 Å². The maximum absolute atomic E-state index is 13.3. The summed E-state index contributed by atoms with van der Waals surface area (Å²) in [4.78, 5) is 11.0. The Labute approximate surface area is 111 Å². The molecule has 0 unspecified atom stereocenters. The Morgan fingerprint density at radius 1 is 1.16 bits per heavy atom. The fourth-order valence-electron chi connectivity index (χ4n) is 2.00. The molecule has 2 rings (SSSR count). The van der Waals surface area contributed by atoms with Crippen LogP contribution in [0, 0.1) is 5.82 Å². The molecule has 0 heterocycles. The van der Waals surface area contributed by atoms with Gasteiger partial charge >= 0.3 is 0 Å². The standard InChI is InChI=1S/C16H15FO2/c1-11(18)9-12-3-5-13(6-4-12)15-10-14(17)7-8-16(15)19-2/h3-8,10H,9H2,1-2H3. The number of Topliss-reactive ketones (excluding diaryl/α,β-unsaturated/α-hetero) is 1. The Bertz CT molecular complexity index is 588.